The highest BCUT2D eigenvalue weighted by Crippen LogP contribution is 2.23. The van der Waals surface area contributed by atoms with Gasteiger partial charge in [0.1, 0.15) is 0 Å². The molecular formula is C15H16N2O2S. The van der Waals surface area contributed by atoms with Gasteiger partial charge in [0.05, 0.1) is 10.6 Å². The molecule has 1 aromatic carbocycles. The molecule has 0 aliphatic carbocycles. The first-order valence-corrected chi connectivity index (χ1v) is 7.21. The van der Waals surface area contributed by atoms with Crippen LogP contribution in [0.15, 0.2) is 24.3 Å². The highest BCUT2D eigenvalue weighted by Gasteiger charge is 2.14. The summed E-state index contributed by atoms with van der Waals surface area (Å²) in [5, 5.41) is 3.18. The molecule has 0 bridgehead atoms. The highest BCUT2D eigenvalue weighted by molar-refractivity contribution is 7.17. The van der Waals surface area contributed by atoms with Gasteiger partial charge in [-0.25, -0.2) is 4.98 Å². The highest BCUT2D eigenvalue weighted by atomic mass is 32.1. The van der Waals surface area contributed by atoms with Crippen LogP contribution in [-0.4, -0.2) is 16.7 Å². The van der Waals surface area contributed by atoms with Gasteiger partial charge in [-0.1, -0.05) is 30.4 Å². The second-order valence-corrected chi connectivity index (χ2v) is 5.49. The van der Waals surface area contributed by atoms with Crippen molar-refractivity contribution < 1.29 is 9.59 Å². The van der Waals surface area contributed by atoms with Gasteiger partial charge in [-0.3, -0.25) is 14.9 Å². The summed E-state index contributed by atoms with van der Waals surface area (Å²) in [7, 11) is 0. The molecule has 20 heavy (non-hydrogen) atoms. The van der Waals surface area contributed by atoms with Crippen LogP contribution in [0.5, 0.6) is 0 Å². The summed E-state index contributed by atoms with van der Waals surface area (Å²) < 4.78 is 0. The fraction of sp³-hybridized carbons (Fsp3) is 0.267. The number of rotatable bonds is 4. The molecule has 0 fully saturated rings. The maximum atomic E-state index is 12.1. The quantitative estimate of drug-likeness (QED) is 0.876. The molecular weight excluding hydrogens is 272 g/mol. The number of hydrogen-bond donors (Lipinski definition) is 1. The first-order chi connectivity index (χ1) is 9.51. The van der Waals surface area contributed by atoms with E-state index >= 15 is 0 Å². The lowest BCUT2D eigenvalue weighted by molar-refractivity contribution is 0.101. The Morgan fingerprint density at radius 2 is 1.90 bits per heavy atom. The molecule has 104 valence electrons. The van der Waals surface area contributed by atoms with E-state index in [-0.39, 0.29) is 11.7 Å². The number of carbonyl (C=O) groups excluding carboxylic acids is 2. The zero-order chi connectivity index (χ0) is 14.7. The molecule has 1 amide bonds. The number of anilines is 1. The minimum atomic E-state index is -0.212. The zero-order valence-corrected chi connectivity index (χ0v) is 12.5. The molecule has 0 radical (unpaired) electrons. The summed E-state index contributed by atoms with van der Waals surface area (Å²) in [4.78, 5) is 28.2. The monoisotopic (exact) mass is 288 g/mol. The number of aromatic nitrogens is 1. The van der Waals surface area contributed by atoms with E-state index in [9.17, 15) is 9.59 Å². The molecule has 2 aromatic rings. The predicted octanol–water partition coefficient (Wildman–Crippen LogP) is 3.47. The molecule has 1 aromatic heterocycles. The summed E-state index contributed by atoms with van der Waals surface area (Å²) >= 11 is 1.21. The molecule has 1 N–H and O–H groups in total. The number of aryl methyl sites for hydroxylation is 2. The van der Waals surface area contributed by atoms with Gasteiger partial charge in [0, 0.05) is 12.5 Å². The van der Waals surface area contributed by atoms with E-state index in [0.717, 1.165) is 6.42 Å². The smallest absolute Gasteiger partial charge is 0.257 e. The fourth-order valence-corrected chi connectivity index (χ4v) is 2.69. The summed E-state index contributed by atoms with van der Waals surface area (Å²) in [6.45, 7) is 5.32. The third-order valence-electron chi connectivity index (χ3n) is 2.96. The molecule has 0 spiro atoms. The third kappa shape index (κ3) is 3.11. The van der Waals surface area contributed by atoms with Crippen molar-refractivity contribution in [2.45, 2.75) is 27.2 Å². The van der Waals surface area contributed by atoms with Gasteiger partial charge < -0.3 is 0 Å². The Hall–Kier alpha value is -2.01. The normalized spacial score (nSPS) is 10.3. The molecule has 0 saturated carbocycles. The van der Waals surface area contributed by atoms with Crippen LogP contribution >= 0.6 is 11.3 Å². The predicted molar refractivity (Wildman–Crippen MR) is 80.6 cm³/mol. The van der Waals surface area contributed by atoms with Crippen LogP contribution in [0.3, 0.4) is 0 Å². The SMILES string of the molecule is CCc1ccc(C(=O)Nc2nc(C)c(C(C)=O)s2)cc1. The summed E-state index contributed by atoms with van der Waals surface area (Å²) in [5.74, 6) is -0.246. The first-order valence-electron chi connectivity index (χ1n) is 6.40. The minimum absolute atomic E-state index is 0.0344. The number of amides is 1. The van der Waals surface area contributed by atoms with Crippen molar-refractivity contribution >= 4 is 28.2 Å². The van der Waals surface area contributed by atoms with Crippen molar-refractivity contribution in [2.75, 3.05) is 5.32 Å². The Balaban J connectivity index is 2.14. The molecule has 0 aliphatic rings. The number of hydrogen-bond acceptors (Lipinski definition) is 4. The summed E-state index contributed by atoms with van der Waals surface area (Å²) in [5.41, 5.74) is 2.42. The minimum Gasteiger partial charge on any atom is -0.298 e. The second kappa shape index (κ2) is 5.96. The Labute approximate surface area is 121 Å². The summed E-state index contributed by atoms with van der Waals surface area (Å²) in [6.07, 6.45) is 0.940. The van der Waals surface area contributed by atoms with E-state index in [1.165, 1.54) is 23.8 Å². The van der Waals surface area contributed by atoms with Gasteiger partial charge in [-0.2, -0.15) is 0 Å². The number of nitrogens with one attached hydrogen (secondary N) is 1. The fourth-order valence-electron chi connectivity index (χ4n) is 1.84. The van der Waals surface area contributed by atoms with Crippen molar-refractivity contribution in [1.29, 1.82) is 0 Å². The second-order valence-electron chi connectivity index (χ2n) is 4.49. The number of carbonyl (C=O) groups is 2. The Bertz CT molecular complexity index is 644. The lowest BCUT2D eigenvalue weighted by Gasteiger charge is -2.02. The standard InChI is InChI=1S/C15H16N2O2S/c1-4-11-5-7-12(8-6-11)14(19)17-15-16-9(2)13(20-15)10(3)18/h5-8H,4H2,1-3H3,(H,16,17,19). The average molecular weight is 288 g/mol. The lowest BCUT2D eigenvalue weighted by atomic mass is 10.1. The van der Waals surface area contributed by atoms with Crippen molar-refractivity contribution in [3.63, 3.8) is 0 Å². The van der Waals surface area contributed by atoms with Crippen LogP contribution in [0.1, 0.15) is 45.1 Å². The van der Waals surface area contributed by atoms with E-state index < -0.39 is 0 Å². The largest absolute Gasteiger partial charge is 0.298 e. The van der Waals surface area contributed by atoms with Crippen molar-refractivity contribution in [3.05, 3.63) is 46.0 Å². The topological polar surface area (TPSA) is 59.1 Å². The number of ketones is 1. The van der Waals surface area contributed by atoms with Crippen LogP contribution < -0.4 is 5.32 Å². The Morgan fingerprint density at radius 1 is 1.25 bits per heavy atom. The maximum absolute atomic E-state index is 12.1. The van der Waals surface area contributed by atoms with Gasteiger partial charge >= 0.3 is 0 Å². The first kappa shape index (κ1) is 14.4. The van der Waals surface area contributed by atoms with Gasteiger partial charge in [0.2, 0.25) is 0 Å². The molecule has 0 saturated heterocycles. The van der Waals surface area contributed by atoms with E-state index in [4.69, 9.17) is 0 Å². The molecule has 5 heteroatoms. The average Bonchev–Trinajstić information content (AvgIpc) is 2.79. The van der Waals surface area contributed by atoms with Crippen molar-refractivity contribution in [2.24, 2.45) is 0 Å². The van der Waals surface area contributed by atoms with Crippen LogP contribution in [0.4, 0.5) is 5.13 Å². The van der Waals surface area contributed by atoms with Crippen LogP contribution in [0, 0.1) is 6.92 Å². The number of nitrogens with zero attached hydrogens (tertiary/aromatic N) is 1. The van der Waals surface area contributed by atoms with Crippen LogP contribution in [0.25, 0.3) is 0 Å². The van der Waals surface area contributed by atoms with E-state index in [1.54, 1.807) is 19.1 Å². The zero-order valence-electron chi connectivity index (χ0n) is 11.7. The van der Waals surface area contributed by atoms with Gasteiger partial charge in [-0.15, -0.1) is 0 Å². The maximum Gasteiger partial charge on any atom is 0.257 e. The van der Waals surface area contributed by atoms with E-state index in [2.05, 4.69) is 17.2 Å². The number of thiazole rings is 1. The molecule has 1 heterocycles. The van der Waals surface area contributed by atoms with Crippen LogP contribution in [0.2, 0.25) is 0 Å². The van der Waals surface area contributed by atoms with Gasteiger partial charge in [0.15, 0.2) is 10.9 Å². The Morgan fingerprint density at radius 3 is 2.40 bits per heavy atom. The van der Waals surface area contributed by atoms with Gasteiger partial charge in [-0.05, 0) is 31.0 Å². The van der Waals surface area contributed by atoms with E-state index in [1.807, 2.05) is 12.1 Å². The molecule has 0 aliphatic heterocycles. The molecule has 4 nitrogen and oxygen atoms in total. The van der Waals surface area contributed by atoms with Crippen LogP contribution in [-0.2, 0) is 6.42 Å². The summed E-state index contributed by atoms with van der Waals surface area (Å²) in [6, 6.07) is 7.45. The third-order valence-corrected chi connectivity index (χ3v) is 4.13. The molecule has 0 atom stereocenters. The Kier molecular flexibility index (Phi) is 4.29. The molecule has 0 unspecified atom stereocenters. The number of Topliss-reactive ketones (excluding diaryl/α,β-unsaturated/α-hetero) is 1. The van der Waals surface area contributed by atoms with Crippen molar-refractivity contribution in [1.82, 2.24) is 4.98 Å². The number of benzene rings is 1. The van der Waals surface area contributed by atoms with E-state index in [0.29, 0.717) is 21.3 Å². The lowest BCUT2D eigenvalue weighted by Crippen LogP contribution is -2.11. The van der Waals surface area contributed by atoms with Crippen molar-refractivity contribution in [3.8, 4) is 0 Å². The van der Waals surface area contributed by atoms with Gasteiger partial charge in [0.25, 0.3) is 5.91 Å². The molecule has 2 rings (SSSR count).